The highest BCUT2D eigenvalue weighted by Gasteiger charge is 2.18. The first-order valence-corrected chi connectivity index (χ1v) is 14.7. The minimum absolute atomic E-state index is 0.0647. The SMILES string of the molecule is Cc1ccc(S(=O)(=O)Oc2ccc(Oc3ccc(S(=O)(=O)Cc4ccc5ccccc5n4)cc3)cc2)cc1. The summed E-state index contributed by atoms with van der Waals surface area (Å²) in [5.41, 5.74) is 2.15. The van der Waals surface area contributed by atoms with Crippen LogP contribution in [-0.2, 0) is 25.7 Å². The van der Waals surface area contributed by atoms with Gasteiger partial charge in [0.25, 0.3) is 0 Å². The first kappa shape index (κ1) is 25.4. The molecule has 4 aromatic carbocycles. The van der Waals surface area contributed by atoms with E-state index in [4.69, 9.17) is 8.92 Å². The molecule has 0 unspecified atom stereocenters. The third-order valence-electron chi connectivity index (χ3n) is 5.75. The lowest BCUT2D eigenvalue weighted by Crippen LogP contribution is -2.09. The van der Waals surface area contributed by atoms with E-state index >= 15 is 0 Å². The van der Waals surface area contributed by atoms with E-state index in [1.54, 1.807) is 42.5 Å². The van der Waals surface area contributed by atoms with Crippen LogP contribution < -0.4 is 8.92 Å². The Morgan fingerprint density at radius 2 is 1.21 bits per heavy atom. The molecule has 0 bridgehead atoms. The number of nitrogens with zero attached hydrogens (tertiary/aromatic N) is 1. The van der Waals surface area contributed by atoms with Crippen LogP contribution in [0.25, 0.3) is 10.9 Å². The van der Waals surface area contributed by atoms with Gasteiger partial charge in [0.1, 0.15) is 22.1 Å². The van der Waals surface area contributed by atoms with Gasteiger partial charge in [0, 0.05) is 5.39 Å². The molecule has 192 valence electrons. The molecule has 0 N–H and O–H groups in total. The van der Waals surface area contributed by atoms with Crippen molar-refractivity contribution in [3.8, 4) is 17.2 Å². The number of rotatable bonds is 8. The number of fused-ring (bicyclic) bond motifs is 1. The van der Waals surface area contributed by atoms with Crippen molar-refractivity contribution in [2.24, 2.45) is 0 Å². The van der Waals surface area contributed by atoms with E-state index in [2.05, 4.69) is 4.98 Å². The van der Waals surface area contributed by atoms with Gasteiger partial charge in [-0.3, -0.25) is 4.98 Å². The summed E-state index contributed by atoms with van der Waals surface area (Å²) in [4.78, 5) is 4.68. The molecule has 5 rings (SSSR count). The minimum Gasteiger partial charge on any atom is -0.457 e. The highest BCUT2D eigenvalue weighted by atomic mass is 32.2. The number of ether oxygens (including phenoxy) is 1. The smallest absolute Gasteiger partial charge is 0.339 e. The molecule has 7 nitrogen and oxygen atoms in total. The van der Waals surface area contributed by atoms with E-state index in [-0.39, 0.29) is 21.3 Å². The average Bonchev–Trinajstić information content (AvgIpc) is 2.90. The topological polar surface area (TPSA) is 99.6 Å². The molecule has 0 spiro atoms. The summed E-state index contributed by atoms with van der Waals surface area (Å²) in [6.07, 6.45) is 0. The number of hydrogen-bond acceptors (Lipinski definition) is 7. The number of hydrogen-bond donors (Lipinski definition) is 0. The number of sulfone groups is 1. The van der Waals surface area contributed by atoms with Crippen molar-refractivity contribution >= 4 is 30.9 Å². The molecule has 0 radical (unpaired) electrons. The van der Waals surface area contributed by atoms with Crippen molar-refractivity contribution in [3.05, 3.63) is 120 Å². The predicted molar refractivity (Wildman–Crippen MR) is 145 cm³/mol. The number of aromatic nitrogens is 1. The summed E-state index contributed by atoms with van der Waals surface area (Å²) in [6, 6.07) is 29.7. The fraction of sp³-hybridized carbons (Fsp3) is 0.0690. The van der Waals surface area contributed by atoms with Gasteiger partial charge >= 0.3 is 10.1 Å². The van der Waals surface area contributed by atoms with E-state index in [9.17, 15) is 16.8 Å². The molecule has 38 heavy (non-hydrogen) atoms. The first-order chi connectivity index (χ1) is 18.2. The molecule has 0 saturated carbocycles. The molecule has 1 heterocycles. The van der Waals surface area contributed by atoms with Crippen molar-refractivity contribution in [1.82, 2.24) is 4.98 Å². The second-order valence-corrected chi connectivity index (χ2v) is 12.2. The Hall–Kier alpha value is -4.21. The fourth-order valence-corrected chi connectivity index (χ4v) is 5.96. The van der Waals surface area contributed by atoms with Crippen LogP contribution in [0.15, 0.2) is 119 Å². The lowest BCUT2D eigenvalue weighted by Gasteiger charge is -2.10. The Bertz CT molecular complexity index is 1800. The van der Waals surface area contributed by atoms with Crippen LogP contribution >= 0.6 is 0 Å². The van der Waals surface area contributed by atoms with Crippen molar-refractivity contribution in [3.63, 3.8) is 0 Å². The fourth-order valence-electron chi connectivity index (χ4n) is 3.76. The van der Waals surface area contributed by atoms with Crippen LogP contribution in [0.3, 0.4) is 0 Å². The van der Waals surface area contributed by atoms with E-state index < -0.39 is 20.0 Å². The van der Waals surface area contributed by atoms with Gasteiger partial charge in [-0.25, -0.2) is 8.42 Å². The zero-order valence-corrected chi connectivity index (χ0v) is 21.9. The Balaban J connectivity index is 1.24. The Morgan fingerprint density at radius 1 is 0.632 bits per heavy atom. The van der Waals surface area contributed by atoms with Gasteiger partial charge in [0.05, 0.1) is 21.9 Å². The van der Waals surface area contributed by atoms with Crippen LogP contribution in [-0.4, -0.2) is 21.8 Å². The summed E-state index contributed by atoms with van der Waals surface area (Å²) in [6.45, 7) is 1.87. The molecular weight excluding hydrogens is 522 g/mol. The zero-order chi connectivity index (χ0) is 26.8. The van der Waals surface area contributed by atoms with Gasteiger partial charge in [0.15, 0.2) is 9.84 Å². The third kappa shape index (κ3) is 5.85. The lowest BCUT2D eigenvalue weighted by molar-refractivity contribution is 0.474. The number of aryl methyl sites for hydroxylation is 1. The zero-order valence-electron chi connectivity index (χ0n) is 20.3. The van der Waals surface area contributed by atoms with Gasteiger partial charge in [-0.15, -0.1) is 0 Å². The summed E-state index contributed by atoms with van der Waals surface area (Å²) < 4.78 is 61.8. The highest BCUT2D eigenvalue weighted by molar-refractivity contribution is 7.90. The number of benzene rings is 4. The van der Waals surface area contributed by atoms with E-state index in [0.29, 0.717) is 17.2 Å². The van der Waals surface area contributed by atoms with Crippen molar-refractivity contribution in [2.75, 3.05) is 0 Å². The second kappa shape index (κ2) is 10.3. The molecule has 0 fully saturated rings. The van der Waals surface area contributed by atoms with Gasteiger partial charge in [-0.2, -0.15) is 8.42 Å². The molecule has 9 heteroatoms. The lowest BCUT2D eigenvalue weighted by atomic mass is 10.2. The number of pyridine rings is 1. The molecule has 0 aliphatic carbocycles. The average molecular weight is 546 g/mol. The maximum absolute atomic E-state index is 12.9. The standard InChI is InChI=1S/C29H23NO6S2/c1-21-6-16-28(17-7-21)38(33,34)36-26-12-10-24(11-13-26)35-25-14-18-27(19-15-25)37(31,32)20-23-9-8-22-4-2-3-5-29(22)30-23/h2-19H,20H2,1H3. The van der Waals surface area contributed by atoms with Gasteiger partial charge < -0.3 is 8.92 Å². The quantitative estimate of drug-likeness (QED) is 0.218. The molecule has 0 amide bonds. The van der Waals surface area contributed by atoms with Crippen LogP contribution in [0.4, 0.5) is 0 Å². The Labute approximate surface area is 221 Å². The highest BCUT2D eigenvalue weighted by Crippen LogP contribution is 2.27. The summed E-state index contributed by atoms with van der Waals surface area (Å²) >= 11 is 0. The number of para-hydroxylation sites is 1. The molecule has 0 atom stereocenters. The summed E-state index contributed by atoms with van der Waals surface area (Å²) in [5, 5.41) is 0.947. The van der Waals surface area contributed by atoms with Crippen molar-refractivity contribution in [2.45, 2.75) is 22.5 Å². The largest absolute Gasteiger partial charge is 0.457 e. The monoisotopic (exact) mass is 545 g/mol. The van der Waals surface area contributed by atoms with E-state index in [0.717, 1.165) is 16.5 Å². The van der Waals surface area contributed by atoms with Crippen LogP contribution in [0.1, 0.15) is 11.3 Å². The van der Waals surface area contributed by atoms with Crippen LogP contribution in [0.2, 0.25) is 0 Å². The normalized spacial score (nSPS) is 11.8. The summed E-state index contributed by atoms with van der Waals surface area (Å²) in [7, 11) is -7.57. The van der Waals surface area contributed by atoms with Gasteiger partial charge in [-0.05, 0) is 79.7 Å². The Morgan fingerprint density at radius 3 is 1.89 bits per heavy atom. The first-order valence-electron chi connectivity index (χ1n) is 11.6. The maximum Gasteiger partial charge on any atom is 0.339 e. The summed E-state index contributed by atoms with van der Waals surface area (Å²) in [5.74, 6) is 0.779. The molecular formula is C29H23NO6S2. The maximum atomic E-state index is 12.9. The third-order valence-corrected chi connectivity index (χ3v) is 8.68. The van der Waals surface area contributed by atoms with E-state index in [1.807, 2.05) is 37.3 Å². The van der Waals surface area contributed by atoms with Crippen LogP contribution in [0, 0.1) is 6.92 Å². The van der Waals surface area contributed by atoms with Crippen molar-refractivity contribution in [1.29, 1.82) is 0 Å². The molecule has 1 aromatic heterocycles. The molecule has 0 aliphatic heterocycles. The molecule has 0 aliphatic rings. The second-order valence-electron chi connectivity index (χ2n) is 8.65. The van der Waals surface area contributed by atoms with E-state index in [1.165, 1.54) is 36.4 Å². The molecule has 5 aromatic rings. The Kier molecular flexibility index (Phi) is 6.88. The van der Waals surface area contributed by atoms with Gasteiger partial charge in [-0.1, -0.05) is 42.0 Å². The van der Waals surface area contributed by atoms with Crippen molar-refractivity contribution < 1.29 is 25.8 Å². The van der Waals surface area contributed by atoms with Crippen LogP contribution in [0.5, 0.6) is 17.2 Å². The van der Waals surface area contributed by atoms with Gasteiger partial charge in [0.2, 0.25) is 0 Å². The predicted octanol–water partition coefficient (Wildman–Crippen LogP) is 6.08. The molecule has 0 saturated heterocycles. The minimum atomic E-state index is -3.96.